The third kappa shape index (κ3) is 8.58. The number of pyridine rings is 1. The first kappa shape index (κ1) is 36.2. The van der Waals surface area contributed by atoms with Gasteiger partial charge in [-0.15, -0.1) is 0 Å². The zero-order chi connectivity index (χ0) is 37.2. The minimum absolute atomic E-state index is 0.126. The highest BCUT2D eigenvalue weighted by Gasteiger charge is 2.31. The molecule has 0 saturated carbocycles. The summed E-state index contributed by atoms with van der Waals surface area (Å²) < 4.78 is 77.8. The lowest BCUT2D eigenvalue weighted by molar-refractivity contribution is 0.0745. The van der Waals surface area contributed by atoms with Gasteiger partial charge in [0.2, 0.25) is 0 Å². The van der Waals surface area contributed by atoms with Crippen LogP contribution < -0.4 is 10.1 Å². The number of carbonyl (C=O) groups excluding carboxylic acids is 1. The summed E-state index contributed by atoms with van der Waals surface area (Å²) in [5, 5.41) is 3.59. The molecule has 1 aromatic heterocycles. The summed E-state index contributed by atoms with van der Waals surface area (Å²) in [6.45, 7) is 2.21. The molecule has 53 heavy (non-hydrogen) atoms. The van der Waals surface area contributed by atoms with Gasteiger partial charge in [-0.05, 0) is 95.1 Å². The van der Waals surface area contributed by atoms with Crippen molar-refractivity contribution in [3.8, 4) is 5.75 Å². The maximum absolute atomic E-state index is 14.8. The van der Waals surface area contributed by atoms with Crippen LogP contribution in [0.5, 0.6) is 5.75 Å². The molecule has 14 heteroatoms. The normalized spacial score (nSPS) is 15.7. The molecule has 7 rings (SSSR count). The molecule has 3 heterocycles. The summed E-state index contributed by atoms with van der Waals surface area (Å²) in [4.78, 5) is 20.3. The largest absolute Gasteiger partial charge is 0.488 e. The summed E-state index contributed by atoms with van der Waals surface area (Å²) >= 11 is 0. The van der Waals surface area contributed by atoms with Crippen molar-refractivity contribution in [3.63, 3.8) is 0 Å². The Balaban J connectivity index is 1.28. The van der Waals surface area contributed by atoms with Crippen molar-refractivity contribution in [1.29, 1.82) is 0 Å². The molecule has 274 valence electrons. The van der Waals surface area contributed by atoms with Crippen molar-refractivity contribution in [2.75, 3.05) is 18.5 Å². The van der Waals surface area contributed by atoms with Crippen LogP contribution in [0.25, 0.3) is 0 Å². The fourth-order valence-electron chi connectivity index (χ4n) is 6.72. The topological polar surface area (TPSA) is 172 Å². The van der Waals surface area contributed by atoms with Gasteiger partial charge in [0.15, 0.2) is 0 Å². The number of carbonyl (C=O) groups is 1. The molecule has 1 saturated heterocycles. The molecule has 2 aliphatic rings. The Kier molecular flexibility index (Phi) is 10.3. The first-order chi connectivity index (χ1) is 25.4. The van der Waals surface area contributed by atoms with Crippen LogP contribution in [0.2, 0.25) is 0 Å². The van der Waals surface area contributed by atoms with E-state index in [-0.39, 0.29) is 34.8 Å². The predicted molar refractivity (Wildman–Crippen MR) is 196 cm³/mol. The van der Waals surface area contributed by atoms with E-state index in [1.807, 2.05) is 36.4 Å². The van der Waals surface area contributed by atoms with E-state index in [1.54, 1.807) is 47.6 Å². The Bertz CT molecular complexity index is 2350. The summed E-state index contributed by atoms with van der Waals surface area (Å²) in [7, 11) is -8.78. The average Bonchev–Trinajstić information content (AvgIpc) is 3.82. The van der Waals surface area contributed by atoms with Crippen molar-refractivity contribution in [2.45, 2.75) is 54.8 Å². The molecule has 12 nitrogen and oxygen atoms in total. The molecule has 0 radical (unpaired) electrons. The van der Waals surface area contributed by atoms with E-state index >= 15 is 0 Å². The lowest BCUT2D eigenvalue weighted by Crippen LogP contribution is -2.27. The van der Waals surface area contributed by atoms with E-state index in [1.165, 1.54) is 24.3 Å². The number of amides is 1. The van der Waals surface area contributed by atoms with E-state index < -0.39 is 20.2 Å². The molecule has 3 N–H and O–H groups in total. The second kappa shape index (κ2) is 15.1. The van der Waals surface area contributed by atoms with Crippen LogP contribution in [0.3, 0.4) is 0 Å². The second-order valence-corrected chi connectivity index (χ2v) is 16.0. The Morgan fingerprint density at radius 2 is 1.53 bits per heavy atom. The highest BCUT2D eigenvalue weighted by molar-refractivity contribution is 7.86. The van der Waals surface area contributed by atoms with Crippen molar-refractivity contribution in [2.24, 2.45) is 0 Å². The van der Waals surface area contributed by atoms with E-state index in [2.05, 4.69) is 10.3 Å². The van der Waals surface area contributed by atoms with Gasteiger partial charge in [-0.25, -0.2) is 0 Å². The Labute approximate surface area is 307 Å². The SMILES string of the molecule is O=C(c1c(Cc2ccc(S(=O)(=O)O)cc2)cc(Cc2ccc(S(=O)(=O)O)cc2)cc1OCc1cccnc1)N1Cc2cccc(NC3CCOC3)c2C1. The first-order valence-corrected chi connectivity index (χ1v) is 19.8. The van der Waals surface area contributed by atoms with Gasteiger partial charge in [-0.3, -0.25) is 18.9 Å². The van der Waals surface area contributed by atoms with Crippen molar-refractivity contribution in [3.05, 3.63) is 148 Å². The fraction of sp³-hybridized carbons (Fsp3) is 0.231. The maximum Gasteiger partial charge on any atom is 0.294 e. The van der Waals surface area contributed by atoms with Gasteiger partial charge >= 0.3 is 0 Å². The van der Waals surface area contributed by atoms with Gasteiger partial charge in [0.25, 0.3) is 26.1 Å². The Hall–Kier alpha value is -5.12. The van der Waals surface area contributed by atoms with Crippen molar-refractivity contribution >= 4 is 31.8 Å². The number of fused-ring (bicyclic) bond motifs is 1. The van der Waals surface area contributed by atoms with Crippen LogP contribution in [0, 0.1) is 0 Å². The molecule has 0 spiro atoms. The molecule has 0 bridgehead atoms. The smallest absolute Gasteiger partial charge is 0.294 e. The van der Waals surface area contributed by atoms with Crippen molar-refractivity contribution in [1.82, 2.24) is 9.88 Å². The number of nitrogens with one attached hydrogen (secondary N) is 1. The second-order valence-electron chi connectivity index (χ2n) is 13.2. The van der Waals surface area contributed by atoms with E-state index in [0.717, 1.165) is 39.9 Å². The number of hydrogen-bond acceptors (Lipinski definition) is 9. The van der Waals surface area contributed by atoms with Gasteiger partial charge in [-0.1, -0.05) is 48.5 Å². The van der Waals surface area contributed by atoms with Gasteiger partial charge in [0.05, 0.1) is 28.0 Å². The predicted octanol–water partition coefficient (Wildman–Crippen LogP) is 5.69. The monoisotopic (exact) mass is 755 g/mol. The van der Waals surface area contributed by atoms with E-state index in [9.17, 15) is 30.7 Å². The third-order valence-electron chi connectivity index (χ3n) is 9.38. The molecular weight excluding hydrogens is 719 g/mol. The molecule has 1 amide bonds. The average molecular weight is 756 g/mol. The van der Waals surface area contributed by atoms with Crippen LogP contribution in [0.15, 0.2) is 113 Å². The number of rotatable bonds is 12. The number of aromatic nitrogens is 1. The standard InChI is InChI=1S/C39H37N3O9S2/c43-39(42-22-30-4-1-5-36(35(30)23-42)41-32-14-16-50-25-32)38-31(18-27-8-12-34(13-9-27)53(47,48)49)19-29(17-26-6-10-33(11-7-26)52(44,45)46)20-37(38)51-24-28-3-2-15-40-21-28/h1-13,15,19-21,32,41H,14,16-18,22-25H2,(H,44,45,46)(H,47,48,49). The quantitative estimate of drug-likeness (QED) is 0.134. The summed E-state index contributed by atoms with van der Waals surface area (Å²) in [6, 6.07) is 25.2. The van der Waals surface area contributed by atoms with Gasteiger partial charge in [0, 0.05) is 43.3 Å². The molecule has 5 aromatic rings. The minimum atomic E-state index is -4.41. The highest BCUT2D eigenvalue weighted by atomic mass is 32.2. The molecule has 2 aliphatic heterocycles. The van der Waals surface area contributed by atoms with E-state index in [0.29, 0.717) is 55.2 Å². The lowest BCUT2D eigenvalue weighted by Gasteiger charge is -2.23. The maximum atomic E-state index is 14.8. The molecule has 4 aromatic carbocycles. The number of ether oxygens (including phenoxy) is 2. The third-order valence-corrected chi connectivity index (χ3v) is 11.1. The van der Waals surface area contributed by atoms with Crippen molar-refractivity contribution < 1.29 is 40.2 Å². The van der Waals surface area contributed by atoms with Gasteiger partial charge < -0.3 is 19.7 Å². The number of benzene rings is 4. The number of nitrogens with zero attached hydrogens (tertiary/aromatic N) is 2. The summed E-state index contributed by atoms with van der Waals surface area (Å²) in [5.74, 6) is 0.0963. The Morgan fingerprint density at radius 3 is 2.15 bits per heavy atom. The van der Waals surface area contributed by atoms with Gasteiger partial charge in [-0.2, -0.15) is 16.8 Å². The number of hydrogen-bond donors (Lipinski definition) is 3. The lowest BCUT2D eigenvalue weighted by atomic mass is 9.93. The van der Waals surface area contributed by atoms with Crippen LogP contribution in [-0.4, -0.2) is 61.0 Å². The Morgan fingerprint density at radius 1 is 0.830 bits per heavy atom. The first-order valence-electron chi connectivity index (χ1n) is 17.0. The molecular formula is C39H37N3O9S2. The molecule has 0 aliphatic carbocycles. The zero-order valence-corrected chi connectivity index (χ0v) is 30.1. The fourth-order valence-corrected chi connectivity index (χ4v) is 7.68. The highest BCUT2D eigenvalue weighted by Crippen LogP contribution is 2.36. The van der Waals surface area contributed by atoms with Crippen LogP contribution in [0.4, 0.5) is 5.69 Å². The van der Waals surface area contributed by atoms with E-state index in [4.69, 9.17) is 9.47 Å². The zero-order valence-electron chi connectivity index (χ0n) is 28.5. The molecule has 1 atom stereocenters. The van der Waals surface area contributed by atoms with Crippen LogP contribution in [0.1, 0.15) is 55.7 Å². The van der Waals surface area contributed by atoms with Gasteiger partial charge in [0.1, 0.15) is 12.4 Å². The van der Waals surface area contributed by atoms with Crippen LogP contribution in [-0.2, 0) is 57.5 Å². The summed E-state index contributed by atoms with van der Waals surface area (Å²) in [6.07, 6.45) is 4.80. The minimum Gasteiger partial charge on any atom is -0.488 e. The molecule has 1 unspecified atom stereocenters. The number of anilines is 1. The van der Waals surface area contributed by atoms with Crippen LogP contribution >= 0.6 is 0 Å². The summed E-state index contributed by atoms with van der Waals surface area (Å²) in [5.41, 5.74) is 7.02. The molecule has 1 fully saturated rings.